The highest BCUT2D eigenvalue weighted by molar-refractivity contribution is 6.05. The third kappa shape index (κ3) is 6.00. The van der Waals surface area contributed by atoms with Crippen molar-refractivity contribution in [2.75, 3.05) is 6.61 Å². The van der Waals surface area contributed by atoms with Gasteiger partial charge in [-0.05, 0) is 41.9 Å². The SMILES string of the molecule is CCC(C)c1ccc(OCC(=O)N/N=C2/CC(=O)CC(C)(C)C2)cc1. The Morgan fingerprint density at radius 1 is 1.28 bits per heavy atom. The molecule has 1 fully saturated rings. The molecule has 0 saturated heterocycles. The minimum atomic E-state index is -0.325. The normalized spacial score (nSPS) is 19.5. The summed E-state index contributed by atoms with van der Waals surface area (Å²) in [5, 5.41) is 4.11. The van der Waals surface area contributed by atoms with Crippen LogP contribution in [-0.4, -0.2) is 24.0 Å². The topological polar surface area (TPSA) is 67.8 Å². The van der Waals surface area contributed by atoms with Crippen molar-refractivity contribution in [2.24, 2.45) is 10.5 Å². The highest BCUT2D eigenvalue weighted by Gasteiger charge is 2.30. The van der Waals surface area contributed by atoms with E-state index in [-0.39, 0.29) is 23.7 Å². The van der Waals surface area contributed by atoms with Gasteiger partial charge in [0.25, 0.3) is 5.91 Å². The van der Waals surface area contributed by atoms with Crippen molar-refractivity contribution in [3.05, 3.63) is 29.8 Å². The molecule has 0 heterocycles. The predicted molar refractivity (Wildman–Crippen MR) is 98.9 cm³/mol. The zero-order valence-corrected chi connectivity index (χ0v) is 15.6. The number of hydrogen-bond donors (Lipinski definition) is 1. The van der Waals surface area contributed by atoms with Crippen molar-refractivity contribution in [2.45, 2.75) is 59.3 Å². The van der Waals surface area contributed by atoms with Gasteiger partial charge in [-0.3, -0.25) is 9.59 Å². The summed E-state index contributed by atoms with van der Waals surface area (Å²) in [7, 11) is 0. The lowest BCUT2D eigenvalue weighted by Gasteiger charge is -2.28. The lowest BCUT2D eigenvalue weighted by molar-refractivity contribution is -0.123. The second kappa shape index (κ2) is 8.28. The maximum absolute atomic E-state index is 11.9. The Kier molecular flexibility index (Phi) is 6.34. The van der Waals surface area contributed by atoms with Crippen LogP contribution in [0.15, 0.2) is 29.4 Å². The van der Waals surface area contributed by atoms with Crippen LogP contribution in [0.1, 0.15) is 64.9 Å². The largest absolute Gasteiger partial charge is 0.484 e. The first-order valence-corrected chi connectivity index (χ1v) is 8.88. The van der Waals surface area contributed by atoms with Crippen LogP contribution in [0.2, 0.25) is 0 Å². The maximum Gasteiger partial charge on any atom is 0.277 e. The Bertz CT molecular complexity index is 647. The van der Waals surface area contributed by atoms with Crippen molar-refractivity contribution >= 4 is 17.4 Å². The van der Waals surface area contributed by atoms with E-state index in [1.165, 1.54) is 5.56 Å². The molecule has 2 rings (SSSR count). The standard InChI is InChI=1S/C20H28N2O3/c1-5-14(2)15-6-8-18(9-7-15)25-13-19(24)22-21-16-10-17(23)12-20(3,4)11-16/h6-9,14H,5,10-13H2,1-4H3,(H,22,24)/b21-16-. The second-order valence-electron chi connectivity index (χ2n) is 7.61. The number of rotatable bonds is 6. The maximum atomic E-state index is 11.9. The van der Waals surface area contributed by atoms with Gasteiger partial charge in [0, 0.05) is 18.6 Å². The molecule has 25 heavy (non-hydrogen) atoms. The van der Waals surface area contributed by atoms with Gasteiger partial charge in [-0.2, -0.15) is 5.10 Å². The number of ketones is 1. The Hall–Kier alpha value is -2.17. The van der Waals surface area contributed by atoms with Crippen molar-refractivity contribution in [1.29, 1.82) is 0 Å². The first-order valence-electron chi connectivity index (χ1n) is 8.88. The number of carbonyl (C=O) groups excluding carboxylic acids is 2. The second-order valence-corrected chi connectivity index (χ2v) is 7.61. The minimum Gasteiger partial charge on any atom is -0.484 e. The number of carbonyl (C=O) groups is 2. The molecule has 0 radical (unpaired) electrons. The molecule has 1 N–H and O–H groups in total. The molecule has 0 aromatic heterocycles. The number of ether oxygens (including phenoxy) is 1. The lowest BCUT2D eigenvalue weighted by Crippen LogP contribution is -2.32. The van der Waals surface area contributed by atoms with E-state index in [4.69, 9.17) is 4.74 Å². The predicted octanol–water partition coefficient (Wildman–Crippen LogP) is 3.83. The monoisotopic (exact) mass is 344 g/mol. The van der Waals surface area contributed by atoms with Crippen molar-refractivity contribution < 1.29 is 14.3 Å². The summed E-state index contributed by atoms with van der Waals surface area (Å²) in [4.78, 5) is 23.6. The molecular formula is C20H28N2O3. The number of hydrazone groups is 1. The van der Waals surface area contributed by atoms with Gasteiger partial charge >= 0.3 is 0 Å². The fourth-order valence-corrected chi connectivity index (χ4v) is 3.03. The van der Waals surface area contributed by atoms with Gasteiger partial charge in [-0.1, -0.05) is 39.8 Å². The van der Waals surface area contributed by atoms with Crippen molar-refractivity contribution in [3.8, 4) is 5.75 Å². The summed E-state index contributed by atoms with van der Waals surface area (Å²) in [6.45, 7) is 8.31. The van der Waals surface area contributed by atoms with Gasteiger partial charge in [-0.15, -0.1) is 0 Å². The van der Waals surface area contributed by atoms with Crippen LogP contribution in [0.25, 0.3) is 0 Å². The van der Waals surface area contributed by atoms with Gasteiger partial charge in [-0.25, -0.2) is 5.43 Å². The van der Waals surface area contributed by atoms with E-state index >= 15 is 0 Å². The molecule has 5 heteroatoms. The first-order chi connectivity index (χ1) is 11.8. The van der Waals surface area contributed by atoms with Crippen LogP contribution in [0.3, 0.4) is 0 Å². The third-order valence-corrected chi connectivity index (χ3v) is 4.53. The third-order valence-electron chi connectivity index (χ3n) is 4.53. The van der Waals surface area contributed by atoms with Gasteiger partial charge in [0.2, 0.25) is 0 Å². The molecule has 0 spiro atoms. The summed E-state index contributed by atoms with van der Waals surface area (Å²) in [6, 6.07) is 7.81. The number of nitrogens with zero attached hydrogens (tertiary/aromatic N) is 1. The Morgan fingerprint density at radius 2 is 1.96 bits per heavy atom. The highest BCUT2D eigenvalue weighted by Crippen LogP contribution is 2.31. The summed E-state index contributed by atoms with van der Waals surface area (Å²) < 4.78 is 5.49. The molecule has 5 nitrogen and oxygen atoms in total. The van der Waals surface area contributed by atoms with E-state index in [1.54, 1.807) is 0 Å². The Balaban J connectivity index is 1.82. The molecule has 1 atom stereocenters. The van der Waals surface area contributed by atoms with Gasteiger partial charge in [0.1, 0.15) is 11.5 Å². The van der Waals surface area contributed by atoms with E-state index in [2.05, 4.69) is 24.4 Å². The molecule has 0 aliphatic heterocycles. The van der Waals surface area contributed by atoms with Crippen LogP contribution in [0.5, 0.6) is 5.75 Å². The van der Waals surface area contributed by atoms with Crippen LogP contribution < -0.4 is 10.2 Å². The molecule has 1 aromatic rings. The first kappa shape index (κ1) is 19.2. The number of hydrogen-bond acceptors (Lipinski definition) is 4. The van der Waals surface area contributed by atoms with Crippen molar-refractivity contribution in [1.82, 2.24) is 5.43 Å². The summed E-state index contributed by atoms with van der Waals surface area (Å²) in [5.41, 5.74) is 4.39. The van der Waals surface area contributed by atoms with Crippen molar-refractivity contribution in [3.63, 3.8) is 0 Å². The number of Topliss-reactive ketones (excluding diaryl/α,β-unsaturated/α-hetero) is 1. The van der Waals surface area contributed by atoms with Crippen LogP contribution in [0.4, 0.5) is 0 Å². The molecule has 136 valence electrons. The average molecular weight is 344 g/mol. The molecule has 0 bridgehead atoms. The zero-order chi connectivity index (χ0) is 18.4. The molecular weight excluding hydrogens is 316 g/mol. The van der Waals surface area contributed by atoms with Gasteiger partial charge in [0.15, 0.2) is 6.61 Å². The number of amides is 1. The lowest BCUT2D eigenvalue weighted by atomic mass is 9.76. The molecule has 1 aromatic carbocycles. The molecule has 1 amide bonds. The fraction of sp³-hybridized carbons (Fsp3) is 0.550. The summed E-state index contributed by atoms with van der Waals surface area (Å²) in [6.07, 6.45) is 2.69. The smallest absolute Gasteiger partial charge is 0.277 e. The number of benzene rings is 1. The van der Waals surface area contributed by atoms with E-state index < -0.39 is 0 Å². The Morgan fingerprint density at radius 3 is 2.56 bits per heavy atom. The van der Waals surface area contributed by atoms with E-state index in [9.17, 15) is 9.59 Å². The average Bonchev–Trinajstić information content (AvgIpc) is 2.56. The molecule has 1 aliphatic carbocycles. The minimum absolute atomic E-state index is 0.0905. The molecule has 1 saturated carbocycles. The van der Waals surface area contributed by atoms with E-state index in [1.807, 2.05) is 38.1 Å². The quantitative estimate of drug-likeness (QED) is 0.798. The highest BCUT2D eigenvalue weighted by atomic mass is 16.5. The molecule has 1 aliphatic rings. The Labute approximate surface area is 149 Å². The summed E-state index contributed by atoms with van der Waals surface area (Å²) in [5.74, 6) is 1.01. The van der Waals surface area contributed by atoms with Gasteiger partial charge in [0.05, 0.1) is 0 Å². The summed E-state index contributed by atoms with van der Waals surface area (Å²) >= 11 is 0. The number of nitrogens with one attached hydrogen (secondary N) is 1. The zero-order valence-electron chi connectivity index (χ0n) is 15.6. The fourth-order valence-electron chi connectivity index (χ4n) is 3.03. The van der Waals surface area contributed by atoms with Gasteiger partial charge < -0.3 is 4.74 Å². The van der Waals surface area contributed by atoms with E-state index in [0.29, 0.717) is 24.5 Å². The van der Waals surface area contributed by atoms with Crippen LogP contribution in [-0.2, 0) is 9.59 Å². The van der Waals surface area contributed by atoms with Crippen LogP contribution in [0, 0.1) is 5.41 Å². The van der Waals surface area contributed by atoms with E-state index in [0.717, 1.165) is 18.6 Å². The van der Waals surface area contributed by atoms with Crippen LogP contribution >= 0.6 is 0 Å². The molecule has 1 unspecified atom stereocenters.